The molecule has 4 N–H and O–H groups in total. The van der Waals surface area contributed by atoms with E-state index < -0.39 is 0 Å². The molecule has 180 valence electrons. The molecule has 1 unspecified atom stereocenters. The number of hydrogen-bond acceptors (Lipinski definition) is 8. The lowest BCUT2D eigenvalue weighted by Gasteiger charge is -2.27. The number of nitrogens with one attached hydrogen (secondary N) is 2. The van der Waals surface area contributed by atoms with E-state index in [1.807, 2.05) is 17.5 Å². The van der Waals surface area contributed by atoms with E-state index in [-0.39, 0.29) is 23.8 Å². The van der Waals surface area contributed by atoms with Gasteiger partial charge in [-0.3, -0.25) is 4.79 Å². The molecular formula is C26H29N7OS. The lowest BCUT2D eigenvalue weighted by atomic mass is 9.87. The number of amides is 1. The lowest BCUT2D eigenvalue weighted by Crippen LogP contribution is -2.40. The zero-order chi connectivity index (χ0) is 24.1. The van der Waals surface area contributed by atoms with Crippen LogP contribution in [0.1, 0.15) is 6.42 Å². The van der Waals surface area contributed by atoms with E-state index >= 15 is 0 Å². The molecule has 0 saturated carbocycles. The summed E-state index contributed by atoms with van der Waals surface area (Å²) >= 11 is 1.58. The number of nitrogens with zero attached hydrogens (tertiary/aromatic N) is 4. The summed E-state index contributed by atoms with van der Waals surface area (Å²) in [5.74, 6) is 0.687. The number of likely N-dealkylation sites (N-methyl/N-ethyl adjacent to an activating group) is 1. The van der Waals surface area contributed by atoms with Gasteiger partial charge in [0.25, 0.3) is 0 Å². The van der Waals surface area contributed by atoms with Gasteiger partial charge in [-0.15, -0.1) is 11.3 Å². The first-order valence-corrected chi connectivity index (χ1v) is 12.8. The quantitative estimate of drug-likeness (QED) is 0.468. The minimum Gasteiger partial charge on any atom is -0.370 e. The summed E-state index contributed by atoms with van der Waals surface area (Å²) in [6.07, 6.45) is 7.41. The van der Waals surface area contributed by atoms with Crippen LogP contribution in [0, 0.1) is 11.8 Å². The monoisotopic (exact) mass is 487 g/mol. The summed E-state index contributed by atoms with van der Waals surface area (Å²) in [5.41, 5.74) is 9.85. The molecular weight excluding hydrogens is 458 g/mol. The summed E-state index contributed by atoms with van der Waals surface area (Å²) in [6.45, 7) is 2.12. The number of allylic oxidation sites excluding steroid dienone is 2. The first-order chi connectivity index (χ1) is 17.0. The predicted molar refractivity (Wildman–Crippen MR) is 142 cm³/mol. The van der Waals surface area contributed by atoms with Crippen LogP contribution in [0.3, 0.4) is 0 Å². The van der Waals surface area contributed by atoms with Gasteiger partial charge in [0.15, 0.2) is 0 Å². The number of carbonyl (C=O) groups excluding carboxylic acids is 1. The van der Waals surface area contributed by atoms with Gasteiger partial charge in [-0.2, -0.15) is 4.98 Å². The molecule has 9 heteroatoms. The van der Waals surface area contributed by atoms with Gasteiger partial charge in [0.1, 0.15) is 5.82 Å². The number of carbonyl (C=O) groups is 1. The van der Waals surface area contributed by atoms with E-state index in [4.69, 9.17) is 15.7 Å². The number of thiophene rings is 1. The van der Waals surface area contributed by atoms with Crippen molar-refractivity contribution < 1.29 is 4.79 Å². The molecule has 4 atom stereocenters. The van der Waals surface area contributed by atoms with Crippen molar-refractivity contribution in [3.8, 4) is 0 Å². The number of primary amides is 1. The van der Waals surface area contributed by atoms with Crippen LogP contribution in [0.25, 0.3) is 10.2 Å². The van der Waals surface area contributed by atoms with Crippen molar-refractivity contribution >= 4 is 50.6 Å². The standard InChI is InChI=1S/C26H29N7OS/c1-32(2)19-9-11-33(14-19)18-7-5-17(6-8-18)28-26-29-20-10-12-35-23(20)25(31-26)30-22-16-4-3-15(13-16)21(22)24(27)34/h3-8,10,12-13,15,19,21-22H,9,11,14H2,1-2H3,(H2,27,34)(H2,28,29,30,31)/t15?,19-,21-,22+/m0/s1. The molecule has 3 heterocycles. The summed E-state index contributed by atoms with van der Waals surface area (Å²) in [5, 5.41) is 8.87. The van der Waals surface area contributed by atoms with Crippen molar-refractivity contribution in [1.29, 1.82) is 0 Å². The second kappa shape index (κ2) is 8.66. The average Bonchev–Trinajstić information content (AvgIpc) is 3.63. The molecule has 35 heavy (non-hydrogen) atoms. The zero-order valence-corrected chi connectivity index (χ0v) is 20.6. The molecule has 0 spiro atoms. The van der Waals surface area contributed by atoms with Crippen molar-refractivity contribution in [3.63, 3.8) is 0 Å². The SMILES string of the molecule is CN(C)[C@H]1CCN(c2ccc(Nc3nc(N[C@@H]4C5=CC(C=C5)[C@@H]4C(N)=O)c4sccc4n3)cc2)C1. The Balaban J connectivity index is 1.22. The van der Waals surface area contributed by atoms with Crippen LogP contribution in [-0.4, -0.2) is 60.0 Å². The maximum atomic E-state index is 12.2. The third-order valence-electron chi connectivity index (χ3n) is 7.34. The Morgan fingerprint density at radius 3 is 2.77 bits per heavy atom. The highest BCUT2D eigenvalue weighted by atomic mass is 32.1. The van der Waals surface area contributed by atoms with Gasteiger partial charge < -0.3 is 26.2 Å². The summed E-state index contributed by atoms with van der Waals surface area (Å²) < 4.78 is 0.964. The minimum atomic E-state index is -0.304. The average molecular weight is 488 g/mol. The Morgan fingerprint density at radius 1 is 1.20 bits per heavy atom. The molecule has 2 aromatic heterocycles. The molecule has 0 radical (unpaired) electrons. The fourth-order valence-electron chi connectivity index (χ4n) is 5.39. The van der Waals surface area contributed by atoms with Gasteiger partial charge in [0, 0.05) is 36.4 Å². The van der Waals surface area contributed by atoms with Crippen molar-refractivity contribution in [1.82, 2.24) is 14.9 Å². The maximum absolute atomic E-state index is 12.2. The topological polar surface area (TPSA) is 99.4 Å². The van der Waals surface area contributed by atoms with Crippen LogP contribution in [-0.2, 0) is 4.79 Å². The summed E-state index contributed by atoms with van der Waals surface area (Å²) in [6, 6.07) is 10.8. The molecule has 1 saturated heterocycles. The van der Waals surface area contributed by atoms with Gasteiger partial charge in [0.2, 0.25) is 11.9 Å². The van der Waals surface area contributed by atoms with Gasteiger partial charge in [0.05, 0.1) is 22.2 Å². The van der Waals surface area contributed by atoms with Crippen LogP contribution in [0.15, 0.2) is 59.5 Å². The second-order valence-corrected chi connectivity index (χ2v) is 10.6. The molecule has 1 fully saturated rings. The van der Waals surface area contributed by atoms with Gasteiger partial charge in [-0.25, -0.2) is 4.98 Å². The highest BCUT2D eigenvalue weighted by molar-refractivity contribution is 7.17. The van der Waals surface area contributed by atoms with Gasteiger partial charge in [-0.1, -0.05) is 18.2 Å². The Labute approximate surface area is 208 Å². The van der Waals surface area contributed by atoms with E-state index in [2.05, 4.69) is 70.9 Å². The molecule has 8 nitrogen and oxygen atoms in total. The molecule has 3 aliphatic rings. The van der Waals surface area contributed by atoms with E-state index in [9.17, 15) is 4.79 Å². The van der Waals surface area contributed by atoms with E-state index in [0.29, 0.717) is 17.8 Å². The minimum absolute atomic E-state index is 0.0559. The van der Waals surface area contributed by atoms with Crippen molar-refractivity contribution in [3.05, 3.63) is 59.5 Å². The second-order valence-electron chi connectivity index (χ2n) is 9.71. The number of hydrogen-bond donors (Lipinski definition) is 3. The Hall–Kier alpha value is -3.43. The smallest absolute Gasteiger partial charge is 0.229 e. The summed E-state index contributed by atoms with van der Waals surface area (Å²) in [4.78, 5) is 26.4. The molecule has 2 bridgehead atoms. The Bertz CT molecular complexity index is 1330. The maximum Gasteiger partial charge on any atom is 0.229 e. The zero-order valence-electron chi connectivity index (χ0n) is 19.8. The van der Waals surface area contributed by atoms with E-state index in [1.54, 1.807) is 11.3 Å². The molecule has 2 aliphatic carbocycles. The van der Waals surface area contributed by atoms with E-state index in [0.717, 1.165) is 34.6 Å². The largest absolute Gasteiger partial charge is 0.370 e. The molecule has 1 amide bonds. The van der Waals surface area contributed by atoms with Gasteiger partial charge >= 0.3 is 0 Å². The Morgan fingerprint density at radius 2 is 2.03 bits per heavy atom. The molecule has 3 aromatic rings. The van der Waals surface area contributed by atoms with Crippen LogP contribution in [0.4, 0.5) is 23.1 Å². The van der Waals surface area contributed by atoms with Crippen LogP contribution < -0.4 is 21.3 Å². The fourth-order valence-corrected chi connectivity index (χ4v) is 6.17. The highest BCUT2D eigenvalue weighted by Crippen LogP contribution is 2.41. The number of rotatable bonds is 7. The Kier molecular flexibility index (Phi) is 5.46. The lowest BCUT2D eigenvalue weighted by molar-refractivity contribution is -0.122. The number of aromatic nitrogens is 2. The summed E-state index contributed by atoms with van der Waals surface area (Å²) in [7, 11) is 4.29. The number of anilines is 4. The number of fused-ring (bicyclic) bond motifs is 2. The van der Waals surface area contributed by atoms with Crippen molar-refractivity contribution in [2.75, 3.05) is 42.7 Å². The van der Waals surface area contributed by atoms with Crippen LogP contribution in [0.5, 0.6) is 0 Å². The molecule has 1 aliphatic heterocycles. The third-order valence-corrected chi connectivity index (χ3v) is 8.25. The van der Waals surface area contributed by atoms with Crippen LogP contribution >= 0.6 is 11.3 Å². The van der Waals surface area contributed by atoms with Crippen molar-refractivity contribution in [2.45, 2.75) is 18.5 Å². The van der Waals surface area contributed by atoms with Crippen LogP contribution in [0.2, 0.25) is 0 Å². The normalized spacial score (nSPS) is 25.0. The third kappa shape index (κ3) is 4.04. The predicted octanol–water partition coefficient (Wildman–Crippen LogP) is 3.58. The van der Waals surface area contributed by atoms with E-state index in [1.165, 1.54) is 12.1 Å². The first-order valence-electron chi connectivity index (χ1n) is 12.0. The first kappa shape index (κ1) is 22.1. The fraction of sp³-hybridized carbons (Fsp3) is 0.346. The molecule has 1 aromatic carbocycles. The van der Waals surface area contributed by atoms with Gasteiger partial charge in [-0.05, 0) is 61.8 Å². The van der Waals surface area contributed by atoms with Crippen molar-refractivity contribution in [2.24, 2.45) is 17.6 Å². The highest BCUT2D eigenvalue weighted by Gasteiger charge is 2.42. The number of benzene rings is 1. The molecule has 6 rings (SSSR count). The number of nitrogens with two attached hydrogens (primary N) is 1.